The van der Waals surface area contributed by atoms with E-state index in [1.807, 2.05) is 38.1 Å². The number of amides is 1. The Morgan fingerprint density at radius 2 is 1.50 bits per heavy atom. The van der Waals surface area contributed by atoms with Crippen LogP contribution in [0.25, 0.3) is 6.08 Å². The number of carbonyl (C=O) groups excluding carboxylic acids is 1. The molecule has 0 bridgehead atoms. The fourth-order valence-electron chi connectivity index (χ4n) is 3.45. The molecule has 0 unspecified atom stereocenters. The van der Waals surface area contributed by atoms with E-state index >= 15 is 0 Å². The van der Waals surface area contributed by atoms with Gasteiger partial charge >= 0.3 is 6.18 Å². The molecular formula is C25H19F3N2OS. The summed E-state index contributed by atoms with van der Waals surface area (Å²) in [5, 5.41) is 0.398. The number of para-hydroxylation sites is 2. The zero-order valence-electron chi connectivity index (χ0n) is 17.4. The molecule has 1 amide bonds. The van der Waals surface area contributed by atoms with Crippen LogP contribution in [0.1, 0.15) is 22.3 Å². The van der Waals surface area contributed by atoms with Crippen LogP contribution in [0, 0.1) is 13.8 Å². The average Bonchev–Trinajstić information content (AvgIpc) is 3.06. The van der Waals surface area contributed by atoms with Crippen molar-refractivity contribution in [3.63, 3.8) is 0 Å². The molecule has 0 atom stereocenters. The van der Waals surface area contributed by atoms with Gasteiger partial charge in [-0.3, -0.25) is 9.69 Å². The molecule has 32 heavy (non-hydrogen) atoms. The van der Waals surface area contributed by atoms with Crippen molar-refractivity contribution >= 4 is 40.3 Å². The third kappa shape index (κ3) is 4.34. The topological polar surface area (TPSA) is 32.7 Å². The number of halogens is 3. The normalized spacial score (nSPS) is 16.9. The number of hydrogen-bond acceptors (Lipinski definition) is 3. The van der Waals surface area contributed by atoms with Crippen LogP contribution < -0.4 is 4.90 Å². The van der Waals surface area contributed by atoms with E-state index in [2.05, 4.69) is 0 Å². The minimum absolute atomic E-state index is 0.0582. The Morgan fingerprint density at radius 3 is 2.16 bits per heavy atom. The van der Waals surface area contributed by atoms with E-state index < -0.39 is 17.6 Å². The Labute approximate surface area is 188 Å². The second-order valence-electron chi connectivity index (χ2n) is 7.31. The standard InChI is InChI=1S/C25H19F3N2OS/c1-16-9-8-10-17(2)22(16)29-24-30(19-12-4-3-5-13-19)23(31)21(32-24)15-18-11-6-7-14-20(18)25(26,27)28/h3-15H,1-2H3/b21-15-,29-24?. The highest BCUT2D eigenvalue weighted by Crippen LogP contribution is 2.40. The molecular weight excluding hydrogens is 433 g/mol. The third-order valence-electron chi connectivity index (χ3n) is 5.02. The van der Waals surface area contributed by atoms with Gasteiger partial charge in [0, 0.05) is 0 Å². The van der Waals surface area contributed by atoms with Gasteiger partial charge in [-0.1, -0.05) is 54.6 Å². The highest BCUT2D eigenvalue weighted by molar-refractivity contribution is 8.19. The summed E-state index contributed by atoms with van der Waals surface area (Å²) in [7, 11) is 0. The van der Waals surface area contributed by atoms with E-state index in [1.165, 1.54) is 29.2 Å². The molecule has 3 aromatic carbocycles. The van der Waals surface area contributed by atoms with Crippen LogP contribution in [-0.4, -0.2) is 11.1 Å². The van der Waals surface area contributed by atoms with Crippen LogP contribution in [0.2, 0.25) is 0 Å². The number of thioether (sulfide) groups is 1. The van der Waals surface area contributed by atoms with Gasteiger partial charge in [0.05, 0.1) is 21.8 Å². The quantitative estimate of drug-likeness (QED) is 0.396. The van der Waals surface area contributed by atoms with Crippen molar-refractivity contribution in [2.45, 2.75) is 20.0 Å². The Morgan fingerprint density at radius 1 is 0.875 bits per heavy atom. The fraction of sp³-hybridized carbons (Fsp3) is 0.120. The molecule has 0 aromatic heterocycles. The number of aliphatic imine (C=N–C) groups is 1. The van der Waals surface area contributed by atoms with Crippen molar-refractivity contribution in [1.29, 1.82) is 0 Å². The van der Waals surface area contributed by atoms with Crippen molar-refractivity contribution in [3.05, 3.63) is 100.0 Å². The minimum Gasteiger partial charge on any atom is -0.268 e. The Balaban J connectivity index is 1.84. The summed E-state index contributed by atoms with van der Waals surface area (Å²) in [5.74, 6) is -0.414. The Hall–Kier alpha value is -3.32. The number of rotatable bonds is 3. The number of amidine groups is 1. The van der Waals surface area contributed by atoms with Crippen LogP contribution in [0.3, 0.4) is 0 Å². The summed E-state index contributed by atoms with van der Waals surface area (Å²) in [6.07, 6.45) is -3.23. The molecule has 1 fully saturated rings. The number of benzene rings is 3. The Bertz CT molecular complexity index is 1210. The zero-order valence-corrected chi connectivity index (χ0v) is 18.2. The van der Waals surface area contributed by atoms with E-state index in [1.54, 1.807) is 24.3 Å². The summed E-state index contributed by atoms with van der Waals surface area (Å²) in [6.45, 7) is 3.86. The van der Waals surface area contributed by atoms with Crippen LogP contribution in [0.5, 0.6) is 0 Å². The number of alkyl halides is 3. The van der Waals surface area contributed by atoms with E-state index in [0.29, 0.717) is 10.9 Å². The SMILES string of the molecule is Cc1cccc(C)c1N=C1S/C(=C\c2ccccc2C(F)(F)F)C(=O)N1c1ccccc1. The number of aryl methyl sites for hydroxylation is 2. The number of hydrogen-bond donors (Lipinski definition) is 0. The third-order valence-corrected chi connectivity index (χ3v) is 5.99. The second-order valence-corrected chi connectivity index (χ2v) is 8.32. The van der Waals surface area contributed by atoms with E-state index in [4.69, 9.17) is 4.99 Å². The molecule has 0 aliphatic carbocycles. The first kappa shape index (κ1) is 21.9. The van der Waals surface area contributed by atoms with Gasteiger partial charge in [0.15, 0.2) is 5.17 Å². The fourth-order valence-corrected chi connectivity index (χ4v) is 4.43. The van der Waals surface area contributed by atoms with Crippen molar-refractivity contribution < 1.29 is 18.0 Å². The maximum atomic E-state index is 13.5. The van der Waals surface area contributed by atoms with Crippen molar-refractivity contribution in [3.8, 4) is 0 Å². The summed E-state index contributed by atoms with van der Waals surface area (Å²) in [5.41, 5.74) is 2.38. The number of anilines is 1. The van der Waals surface area contributed by atoms with Crippen LogP contribution >= 0.6 is 11.8 Å². The lowest BCUT2D eigenvalue weighted by molar-refractivity contribution is -0.137. The molecule has 1 heterocycles. The molecule has 0 N–H and O–H groups in total. The molecule has 3 nitrogen and oxygen atoms in total. The smallest absolute Gasteiger partial charge is 0.268 e. The van der Waals surface area contributed by atoms with E-state index in [9.17, 15) is 18.0 Å². The average molecular weight is 453 g/mol. The predicted molar refractivity (Wildman–Crippen MR) is 124 cm³/mol. The molecule has 7 heteroatoms. The van der Waals surface area contributed by atoms with Crippen molar-refractivity contribution in [2.75, 3.05) is 4.90 Å². The van der Waals surface area contributed by atoms with Crippen LogP contribution in [-0.2, 0) is 11.0 Å². The van der Waals surface area contributed by atoms with Crippen LogP contribution in [0.15, 0.2) is 82.7 Å². The molecule has 1 aliphatic heterocycles. The van der Waals surface area contributed by atoms with Gasteiger partial charge in [-0.2, -0.15) is 13.2 Å². The van der Waals surface area contributed by atoms with Gasteiger partial charge in [0.25, 0.3) is 5.91 Å². The lowest BCUT2D eigenvalue weighted by Crippen LogP contribution is -2.28. The van der Waals surface area contributed by atoms with Gasteiger partial charge in [-0.05, 0) is 66.6 Å². The first-order chi connectivity index (χ1) is 15.3. The monoisotopic (exact) mass is 452 g/mol. The predicted octanol–water partition coefficient (Wildman–Crippen LogP) is 7.13. The number of carbonyl (C=O) groups is 1. The van der Waals surface area contributed by atoms with Gasteiger partial charge < -0.3 is 0 Å². The lowest BCUT2D eigenvalue weighted by Gasteiger charge is -2.16. The molecule has 0 saturated carbocycles. The molecule has 1 saturated heterocycles. The molecule has 0 radical (unpaired) electrons. The zero-order chi connectivity index (χ0) is 22.9. The maximum absolute atomic E-state index is 13.5. The largest absolute Gasteiger partial charge is 0.416 e. The first-order valence-electron chi connectivity index (χ1n) is 9.86. The summed E-state index contributed by atoms with van der Waals surface area (Å²) < 4.78 is 40.4. The summed E-state index contributed by atoms with van der Waals surface area (Å²) in [4.78, 5) is 19.7. The van der Waals surface area contributed by atoms with Crippen molar-refractivity contribution in [1.82, 2.24) is 0 Å². The van der Waals surface area contributed by atoms with Crippen molar-refractivity contribution in [2.24, 2.45) is 4.99 Å². The van der Waals surface area contributed by atoms with Gasteiger partial charge in [0.1, 0.15) is 0 Å². The van der Waals surface area contributed by atoms with Gasteiger partial charge in [-0.15, -0.1) is 0 Å². The summed E-state index contributed by atoms with van der Waals surface area (Å²) in [6, 6.07) is 20.0. The maximum Gasteiger partial charge on any atom is 0.416 e. The van der Waals surface area contributed by atoms with E-state index in [-0.39, 0.29) is 10.5 Å². The molecule has 3 aromatic rings. The lowest BCUT2D eigenvalue weighted by atomic mass is 10.1. The molecule has 4 rings (SSSR count). The minimum atomic E-state index is -4.52. The Kier molecular flexibility index (Phi) is 5.93. The summed E-state index contributed by atoms with van der Waals surface area (Å²) >= 11 is 1.07. The highest BCUT2D eigenvalue weighted by atomic mass is 32.2. The molecule has 0 spiro atoms. The van der Waals surface area contributed by atoms with Gasteiger partial charge in [0.2, 0.25) is 0 Å². The van der Waals surface area contributed by atoms with Crippen LogP contribution in [0.4, 0.5) is 24.5 Å². The molecule has 162 valence electrons. The number of nitrogens with zero attached hydrogens (tertiary/aromatic N) is 2. The van der Waals surface area contributed by atoms with E-state index in [0.717, 1.165) is 34.6 Å². The first-order valence-corrected chi connectivity index (χ1v) is 10.7. The molecule has 1 aliphatic rings. The highest BCUT2D eigenvalue weighted by Gasteiger charge is 2.37. The van der Waals surface area contributed by atoms with Gasteiger partial charge in [-0.25, -0.2) is 4.99 Å². The second kappa shape index (κ2) is 8.67.